The van der Waals surface area contributed by atoms with Crippen molar-refractivity contribution in [2.75, 3.05) is 20.4 Å². The molecule has 0 radical (unpaired) electrons. The van der Waals surface area contributed by atoms with E-state index in [0.717, 1.165) is 37.3 Å². The number of aromatic nitrogens is 2. The maximum absolute atomic E-state index is 13.8. The highest BCUT2D eigenvalue weighted by Crippen LogP contribution is 2.45. The summed E-state index contributed by atoms with van der Waals surface area (Å²) in [4.78, 5) is 39.4. The number of rotatable bonds is 6. The molecule has 3 aromatic rings. The molecule has 5 rings (SSSR count). The van der Waals surface area contributed by atoms with Crippen molar-refractivity contribution in [1.29, 1.82) is 0 Å². The normalized spacial score (nSPS) is 19.3. The zero-order chi connectivity index (χ0) is 25.2. The number of amides is 1. The van der Waals surface area contributed by atoms with Crippen LogP contribution in [0.15, 0.2) is 65.6 Å². The zero-order valence-corrected chi connectivity index (χ0v) is 19.5. The number of carbonyl (C=O) groups is 2. The van der Waals surface area contributed by atoms with Crippen LogP contribution in [0.4, 0.5) is 9.18 Å². The fourth-order valence-corrected chi connectivity index (χ4v) is 5.19. The van der Waals surface area contributed by atoms with Gasteiger partial charge in [-0.3, -0.25) is 14.3 Å². The van der Waals surface area contributed by atoms with Gasteiger partial charge >= 0.3 is 6.16 Å². The number of ether oxygens (including phenoxy) is 3. The van der Waals surface area contributed by atoms with E-state index in [1.54, 1.807) is 21.7 Å². The van der Waals surface area contributed by atoms with Crippen LogP contribution < -0.4 is 10.2 Å². The van der Waals surface area contributed by atoms with E-state index < -0.39 is 24.4 Å². The summed E-state index contributed by atoms with van der Waals surface area (Å²) >= 11 is 0. The molecule has 1 amide bonds. The van der Waals surface area contributed by atoms with E-state index in [0.29, 0.717) is 6.54 Å². The lowest BCUT2D eigenvalue weighted by molar-refractivity contribution is 0.0126. The lowest BCUT2D eigenvalue weighted by Crippen LogP contribution is -2.51. The quantitative estimate of drug-likeness (QED) is 0.383. The molecule has 2 aliphatic heterocycles. The molecule has 3 atom stereocenters. The van der Waals surface area contributed by atoms with Gasteiger partial charge in [0.2, 0.25) is 18.0 Å². The number of benzene rings is 2. The average molecular weight is 493 g/mol. The summed E-state index contributed by atoms with van der Waals surface area (Å²) in [6.07, 6.45) is 1.64. The molecule has 1 fully saturated rings. The van der Waals surface area contributed by atoms with E-state index in [9.17, 15) is 18.8 Å². The van der Waals surface area contributed by atoms with E-state index in [-0.39, 0.29) is 35.1 Å². The van der Waals surface area contributed by atoms with E-state index in [1.165, 1.54) is 12.1 Å². The topological polar surface area (TPSA) is 100.0 Å². The Morgan fingerprint density at radius 1 is 1.11 bits per heavy atom. The fraction of sp³-hybridized carbons (Fsp3) is 0.308. The summed E-state index contributed by atoms with van der Waals surface area (Å²) in [7, 11) is 1.15. The van der Waals surface area contributed by atoms with Gasteiger partial charge in [-0.1, -0.05) is 42.5 Å². The van der Waals surface area contributed by atoms with Gasteiger partial charge in [-0.2, -0.15) is 5.10 Å². The van der Waals surface area contributed by atoms with Crippen molar-refractivity contribution in [1.82, 2.24) is 14.7 Å². The van der Waals surface area contributed by atoms with Crippen molar-refractivity contribution < 1.29 is 28.2 Å². The number of nitrogens with zero attached hydrogens (tertiary/aromatic N) is 3. The maximum Gasteiger partial charge on any atom is 0.510 e. The Kier molecular flexibility index (Phi) is 6.41. The van der Waals surface area contributed by atoms with Crippen LogP contribution in [0.3, 0.4) is 0 Å². The molecule has 1 unspecified atom stereocenters. The largest absolute Gasteiger partial charge is 0.510 e. The van der Waals surface area contributed by atoms with Crippen LogP contribution in [0.1, 0.15) is 46.4 Å². The second-order valence-electron chi connectivity index (χ2n) is 8.63. The Hall–Kier alpha value is -4.21. The van der Waals surface area contributed by atoms with Crippen LogP contribution >= 0.6 is 0 Å². The van der Waals surface area contributed by atoms with Crippen LogP contribution in [0.2, 0.25) is 0 Å². The number of hydrogen-bond acceptors (Lipinski definition) is 7. The van der Waals surface area contributed by atoms with Gasteiger partial charge < -0.3 is 19.1 Å². The molecule has 1 aromatic heterocycles. The van der Waals surface area contributed by atoms with Crippen LogP contribution in [0, 0.1) is 5.82 Å². The van der Waals surface area contributed by atoms with Crippen molar-refractivity contribution in [2.45, 2.75) is 30.8 Å². The first-order valence-electron chi connectivity index (χ1n) is 11.6. The summed E-state index contributed by atoms with van der Waals surface area (Å²) in [5.41, 5.74) is 1.18. The van der Waals surface area contributed by atoms with Gasteiger partial charge in [-0.05, 0) is 36.1 Å². The fourth-order valence-electron chi connectivity index (χ4n) is 5.19. The van der Waals surface area contributed by atoms with E-state index >= 15 is 0 Å². The average Bonchev–Trinajstić information content (AvgIpc) is 3.39. The highest BCUT2D eigenvalue weighted by molar-refractivity contribution is 5.96. The molecule has 0 spiro atoms. The standard InChI is InChI=1S/C26H24FN3O6/c1-34-26(33)36-15-35-24-20(31)14-28-30-22(19-8-5-13-29(19)25(32)23(24)30)21(16-6-3-2-4-7-16)17-9-11-18(27)12-10-17/h2-4,6-7,9-12,14,19,21-22H,5,8,13,15H2,1H3/t19-,21?,22-/m1/s1. The molecule has 9 nitrogen and oxygen atoms in total. The number of methoxy groups -OCH3 is 1. The van der Waals surface area contributed by atoms with E-state index in [1.807, 2.05) is 30.3 Å². The Morgan fingerprint density at radius 2 is 1.83 bits per heavy atom. The molecule has 186 valence electrons. The molecule has 2 aliphatic rings. The molecule has 2 aromatic carbocycles. The van der Waals surface area contributed by atoms with Gasteiger partial charge in [0.15, 0.2) is 5.69 Å². The first-order chi connectivity index (χ1) is 17.5. The Morgan fingerprint density at radius 3 is 2.56 bits per heavy atom. The Labute approximate surface area is 206 Å². The maximum atomic E-state index is 13.8. The summed E-state index contributed by atoms with van der Waals surface area (Å²) in [5, 5.41) is 4.39. The zero-order valence-electron chi connectivity index (χ0n) is 19.5. The molecule has 3 heterocycles. The molecule has 0 bridgehead atoms. The molecule has 0 saturated carbocycles. The third-order valence-corrected chi connectivity index (χ3v) is 6.68. The molecular formula is C26H24FN3O6. The lowest BCUT2D eigenvalue weighted by Gasteiger charge is -2.42. The van der Waals surface area contributed by atoms with Gasteiger partial charge in [0.05, 0.1) is 25.4 Å². The number of fused-ring (bicyclic) bond motifs is 2. The lowest BCUT2D eigenvalue weighted by atomic mass is 9.80. The van der Waals surface area contributed by atoms with Crippen LogP contribution in [0.25, 0.3) is 0 Å². The Balaban J connectivity index is 1.67. The van der Waals surface area contributed by atoms with Crippen molar-refractivity contribution in [3.8, 4) is 5.75 Å². The highest BCUT2D eigenvalue weighted by Gasteiger charge is 2.48. The summed E-state index contributed by atoms with van der Waals surface area (Å²) in [6, 6.07) is 15.4. The highest BCUT2D eigenvalue weighted by atomic mass is 19.1. The smallest absolute Gasteiger partial charge is 0.451 e. The predicted octanol–water partition coefficient (Wildman–Crippen LogP) is 3.49. The SMILES string of the molecule is COC(=O)OCOc1c2n(ncc1=O)[C@@H](C(c1ccccc1)c1ccc(F)cc1)[C@H]1CCCN1C2=O. The first-order valence-corrected chi connectivity index (χ1v) is 11.6. The summed E-state index contributed by atoms with van der Waals surface area (Å²) in [5.74, 6) is -1.29. The number of carbonyl (C=O) groups excluding carboxylic acids is 2. The Bertz CT molecular complexity index is 1330. The van der Waals surface area contributed by atoms with Crippen molar-refractivity contribution in [3.05, 3.63) is 93.7 Å². The molecule has 1 saturated heterocycles. The van der Waals surface area contributed by atoms with Crippen molar-refractivity contribution >= 4 is 12.1 Å². The number of hydrogen-bond donors (Lipinski definition) is 0. The monoisotopic (exact) mass is 493 g/mol. The van der Waals surface area contributed by atoms with Crippen molar-refractivity contribution in [2.24, 2.45) is 0 Å². The van der Waals surface area contributed by atoms with Crippen LogP contribution in [-0.2, 0) is 9.47 Å². The summed E-state index contributed by atoms with van der Waals surface area (Å²) < 4.78 is 30.1. The third-order valence-electron chi connectivity index (χ3n) is 6.68. The van der Waals surface area contributed by atoms with Gasteiger partial charge in [-0.25, -0.2) is 9.18 Å². The second-order valence-corrected chi connectivity index (χ2v) is 8.63. The number of halogens is 1. The van der Waals surface area contributed by atoms with Gasteiger partial charge in [0.1, 0.15) is 5.82 Å². The molecule has 0 N–H and O–H groups in total. The molecule has 10 heteroatoms. The molecule has 36 heavy (non-hydrogen) atoms. The van der Waals surface area contributed by atoms with Gasteiger partial charge in [-0.15, -0.1) is 0 Å². The minimum Gasteiger partial charge on any atom is -0.451 e. The first kappa shape index (κ1) is 23.5. The minimum atomic E-state index is -0.984. The van der Waals surface area contributed by atoms with Crippen molar-refractivity contribution in [3.63, 3.8) is 0 Å². The second kappa shape index (κ2) is 9.80. The van der Waals surface area contributed by atoms with Crippen LogP contribution in [0.5, 0.6) is 5.75 Å². The summed E-state index contributed by atoms with van der Waals surface area (Å²) in [6.45, 7) is -0.0908. The van der Waals surface area contributed by atoms with E-state index in [2.05, 4.69) is 9.84 Å². The van der Waals surface area contributed by atoms with Gasteiger partial charge in [0.25, 0.3) is 5.91 Å². The minimum absolute atomic E-state index is 0.0119. The third kappa shape index (κ3) is 4.19. The van der Waals surface area contributed by atoms with Gasteiger partial charge in [0, 0.05) is 12.5 Å². The van der Waals surface area contributed by atoms with E-state index in [4.69, 9.17) is 9.47 Å². The molecular weight excluding hydrogens is 469 g/mol. The predicted molar refractivity (Wildman–Crippen MR) is 125 cm³/mol. The van der Waals surface area contributed by atoms with Crippen LogP contribution in [-0.4, -0.2) is 53.2 Å². The molecule has 0 aliphatic carbocycles.